The lowest BCUT2D eigenvalue weighted by atomic mass is 10.0. The van der Waals surface area contributed by atoms with E-state index < -0.39 is 40.0 Å². The van der Waals surface area contributed by atoms with E-state index in [1.54, 1.807) is 0 Å². The number of benzene rings is 1. The number of alkyl halides is 6. The van der Waals surface area contributed by atoms with Gasteiger partial charge in [-0.1, -0.05) is 0 Å². The fourth-order valence-corrected chi connectivity index (χ4v) is 1.42. The summed E-state index contributed by atoms with van der Waals surface area (Å²) in [5.74, 6) is -1.47. The maximum absolute atomic E-state index is 12.5. The van der Waals surface area contributed by atoms with Gasteiger partial charge in [0.1, 0.15) is 5.75 Å². The van der Waals surface area contributed by atoms with Gasteiger partial charge in [0.05, 0.1) is 16.7 Å². The highest BCUT2D eigenvalue weighted by Gasteiger charge is 2.41. The zero-order chi connectivity index (χ0) is 14.3. The number of rotatable bonds is 1. The van der Waals surface area contributed by atoms with Crippen LogP contribution in [0.5, 0.6) is 5.75 Å². The van der Waals surface area contributed by atoms with Crippen molar-refractivity contribution in [3.8, 4) is 5.75 Å². The van der Waals surface area contributed by atoms with E-state index in [9.17, 15) is 31.1 Å². The Hall–Kier alpha value is -1.44. The second-order valence-corrected chi connectivity index (χ2v) is 3.53. The zero-order valence-corrected chi connectivity index (χ0v) is 8.91. The average molecular weight is 293 g/mol. The first kappa shape index (κ1) is 14.6. The van der Waals surface area contributed by atoms with Crippen molar-refractivity contribution in [2.45, 2.75) is 12.4 Å². The van der Waals surface area contributed by atoms with Crippen LogP contribution in [-0.4, -0.2) is 10.3 Å². The van der Waals surface area contributed by atoms with Gasteiger partial charge in [-0.05, 0) is 23.7 Å². The molecule has 18 heavy (non-hydrogen) atoms. The Morgan fingerprint density at radius 3 is 1.89 bits per heavy atom. The summed E-state index contributed by atoms with van der Waals surface area (Å²) in [5, 5.41) is 7.36. The molecule has 9 heteroatoms. The van der Waals surface area contributed by atoms with Gasteiger partial charge in [0.2, 0.25) is 0 Å². The molecule has 0 aromatic heterocycles. The van der Waals surface area contributed by atoms with Gasteiger partial charge < -0.3 is 5.11 Å². The third kappa shape index (κ3) is 2.87. The molecule has 1 rings (SSSR count). The van der Waals surface area contributed by atoms with E-state index in [1.807, 2.05) is 0 Å². The van der Waals surface area contributed by atoms with Crippen LogP contribution < -0.4 is 0 Å². The molecule has 0 radical (unpaired) electrons. The Labute approximate surface area is 101 Å². The fraction of sp³-hybridized carbons (Fsp3) is 0.222. The number of phenolic OH excluding ortho intramolecular Hbond substituents is 1. The van der Waals surface area contributed by atoms with Gasteiger partial charge >= 0.3 is 12.4 Å². The Morgan fingerprint density at radius 1 is 1.06 bits per heavy atom. The predicted octanol–water partition coefficient (Wildman–Crippen LogP) is 3.81. The van der Waals surface area contributed by atoms with Crippen LogP contribution in [0.3, 0.4) is 0 Å². The average Bonchev–Trinajstić information content (AvgIpc) is 2.12. The molecule has 100 valence electrons. The minimum absolute atomic E-state index is 0.00481. The summed E-state index contributed by atoms with van der Waals surface area (Å²) in [6, 6.07) is -0.278. The smallest absolute Gasteiger partial charge is 0.417 e. The maximum Gasteiger partial charge on any atom is 0.417 e. The summed E-state index contributed by atoms with van der Waals surface area (Å²) < 4.78 is 74.2. The van der Waals surface area contributed by atoms with Gasteiger partial charge in [-0.3, -0.25) is 4.79 Å². The van der Waals surface area contributed by atoms with E-state index >= 15 is 0 Å². The van der Waals surface area contributed by atoms with Crippen LogP contribution in [0.1, 0.15) is 21.5 Å². The number of carbonyl (C=O) groups excluding carboxylic acids is 1. The van der Waals surface area contributed by atoms with E-state index in [0.29, 0.717) is 0 Å². The molecule has 0 fully saturated rings. The number of halogens is 7. The lowest BCUT2D eigenvalue weighted by Crippen LogP contribution is -2.15. The van der Waals surface area contributed by atoms with Crippen molar-refractivity contribution in [3.05, 3.63) is 28.8 Å². The van der Waals surface area contributed by atoms with Crippen LogP contribution in [0.15, 0.2) is 12.1 Å². The maximum atomic E-state index is 12.5. The number of hydrogen-bond donors (Lipinski definition) is 1. The van der Waals surface area contributed by atoms with Gasteiger partial charge in [-0.15, -0.1) is 0 Å². The highest BCUT2D eigenvalue weighted by molar-refractivity contribution is 6.68. The highest BCUT2D eigenvalue weighted by atomic mass is 35.5. The summed E-state index contributed by atoms with van der Waals surface area (Å²) in [6.45, 7) is 0. The number of phenols is 1. The summed E-state index contributed by atoms with van der Waals surface area (Å²) >= 11 is 4.81. The normalized spacial score (nSPS) is 12.6. The van der Waals surface area contributed by atoms with E-state index in [-0.39, 0.29) is 12.1 Å². The van der Waals surface area contributed by atoms with E-state index in [2.05, 4.69) is 0 Å². The molecule has 0 bridgehead atoms. The number of aromatic hydroxyl groups is 1. The number of carbonyl (C=O) groups is 1. The van der Waals surface area contributed by atoms with Gasteiger partial charge in [0.15, 0.2) is 0 Å². The SMILES string of the molecule is O=C(Cl)c1c(O)cc(C(F)(F)F)cc1C(F)(F)F. The van der Waals surface area contributed by atoms with Gasteiger partial charge in [0, 0.05) is 0 Å². The first-order chi connectivity index (χ1) is 7.94. The first-order valence-electron chi connectivity index (χ1n) is 4.16. The van der Waals surface area contributed by atoms with Crippen molar-refractivity contribution in [2.24, 2.45) is 0 Å². The molecule has 0 unspecified atom stereocenters. The van der Waals surface area contributed by atoms with Crippen molar-refractivity contribution >= 4 is 16.8 Å². The van der Waals surface area contributed by atoms with Crippen molar-refractivity contribution in [1.29, 1.82) is 0 Å². The second-order valence-electron chi connectivity index (χ2n) is 3.19. The Kier molecular flexibility index (Phi) is 3.53. The van der Waals surface area contributed by atoms with Crippen LogP contribution in [0, 0.1) is 0 Å². The first-order valence-corrected chi connectivity index (χ1v) is 4.53. The minimum Gasteiger partial charge on any atom is -0.507 e. The Morgan fingerprint density at radius 2 is 1.56 bits per heavy atom. The van der Waals surface area contributed by atoms with Gasteiger partial charge in [-0.2, -0.15) is 26.3 Å². The van der Waals surface area contributed by atoms with Crippen LogP contribution in [-0.2, 0) is 12.4 Å². The van der Waals surface area contributed by atoms with Crippen molar-refractivity contribution in [3.63, 3.8) is 0 Å². The molecule has 0 aliphatic heterocycles. The quantitative estimate of drug-likeness (QED) is 0.631. The van der Waals surface area contributed by atoms with Crippen LogP contribution in [0.4, 0.5) is 26.3 Å². The third-order valence-corrected chi connectivity index (χ3v) is 2.14. The summed E-state index contributed by atoms with van der Waals surface area (Å²) in [7, 11) is 0. The standard InChI is InChI=1S/C9H3ClF6O2/c10-7(18)6-4(9(14,15)16)1-3(2-5(6)17)8(11,12)13/h1-2,17H. The molecular formula is C9H3ClF6O2. The summed E-state index contributed by atoms with van der Waals surface area (Å²) in [4.78, 5) is 10.7. The van der Waals surface area contributed by atoms with Gasteiger partial charge in [-0.25, -0.2) is 0 Å². The van der Waals surface area contributed by atoms with E-state index in [4.69, 9.17) is 16.7 Å². The molecule has 0 aliphatic carbocycles. The molecule has 0 saturated carbocycles. The molecule has 0 amide bonds. The Bertz CT molecular complexity index is 491. The third-order valence-electron chi connectivity index (χ3n) is 1.95. The van der Waals surface area contributed by atoms with Crippen molar-refractivity contribution in [1.82, 2.24) is 0 Å². The molecular weight excluding hydrogens is 290 g/mol. The predicted molar refractivity (Wildman–Crippen MR) is 48.3 cm³/mol. The van der Waals surface area contributed by atoms with Crippen molar-refractivity contribution in [2.75, 3.05) is 0 Å². The van der Waals surface area contributed by atoms with E-state index in [0.717, 1.165) is 0 Å². The molecule has 1 N–H and O–H groups in total. The monoisotopic (exact) mass is 292 g/mol. The molecule has 0 saturated heterocycles. The summed E-state index contributed by atoms with van der Waals surface area (Å²) in [6.07, 6.45) is -10.3. The summed E-state index contributed by atoms with van der Waals surface area (Å²) in [5.41, 5.74) is -5.07. The van der Waals surface area contributed by atoms with Crippen LogP contribution in [0.25, 0.3) is 0 Å². The van der Waals surface area contributed by atoms with Crippen molar-refractivity contribution < 1.29 is 36.2 Å². The molecule has 2 nitrogen and oxygen atoms in total. The topological polar surface area (TPSA) is 37.3 Å². The Balaban J connectivity index is 3.64. The lowest BCUT2D eigenvalue weighted by Gasteiger charge is -2.15. The molecule has 0 atom stereocenters. The largest absolute Gasteiger partial charge is 0.507 e. The molecule has 0 aliphatic rings. The lowest BCUT2D eigenvalue weighted by molar-refractivity contribution is -0.143. The second kappa shape index (κ2) is 4.34. The number of hydrogen-bond acceptors (Lipinski definition) is 2. The fourth-order valence-electron chi connectivity index (χ4n) is 1.22. The zero-order valence-electron chi connectivity index (χ0n) is 8.16. The molecule has 1 aromatic rings. The molecule has 0 heterocycles. The minimum atomic E-state index is -5.25. The van der Waals surface area contributed by atoms with E-state index in [1.165, 1.54) is 0 Å². The van der Waals surface area contributed by atoms with Crippen LogP contribution in [0.2, 0.25) is 0 Å². The molecule has 1 aromatic carbocycles. The van der Waals surface area contributed by atoms with Crippen LogP contribution >= 0.6 is 11.6 Å². The van der Waals surface area contributed by atoms with Gasteiger partial charge in [0.25, 0.3) is 5.24 Å². The molecule has 0 spiro atoms. The highest BCUT2D eigenvalue weighted by Crippen LogP contribution is 2.41.